The van der Waals surface area contributed by atoms with Crippen molar-refractivity contribution in [2.75, 3.05) is 405 Å². The van der Waals surface area contributed by atoms with E-state index < -0.39 is 36.3 Å². The number of carboxylic acids is 5. The highest BCUT2D eigenvalue weighted by Crippen LogP contribution is 1.82. The number of hydrogen-bond donors (Lipinski definition) is 16. The summed E-state index contributed by atoms with van der Waals surface area (Å²) >= 11 is 0. The average Bonchev–Trinajstić information content (AvgIpc) is 1.14. The second-order valence-electron chi connectivity index (χ2n) is 20.8. The maximum absolute atomic E-state index is 9.60. The van der Waals surface area contributed by atoms with E-state index >= 15 is 0 Å². The van der Waals surface area contributed by atoms with Crippen molar-refractivity contribution in [3.8, 4) is 0 Å². The fraction of sp³-hybridized carbons (Fsp3) is 0.918. The Labute approximate surface area is 744 Å². The molecule has 45 heteroatoms. The molecule has 0 rings (SSSR count). The molecule has 118 heavy (non-hydrogen) atoms. The molecule has 42 nitrogen and oxygen atoms in total. The fourth-order valence-corrected chi connectivity index (χ4v) is 5.08. The second kappa shape index (κ2) is 192. The van der Waals surface area contributed by atoms with Gasteiger partial charge in [-0.25, -0.2) is 0 Å². The summed E-state index contributed by atoms with van der Waals surface area (Å²) in [6, 6.07) is 0. The van der Waals surface area contributed by atoms with Gasteiger partial charge in [0, 0.05) is 293 Å². The van der Waals surface area contributed by atoms with Crippen molar-refractivity contribution in [3.63, 3.8) is 0 Å². The van der Waals surface area contributed by atoms with E-state index in [0.29, 0.717) is 6.42 Å². The van der Waals surface area contributed by atoms with Crippen LogP contribution >= 0.6 is 53.4 Å². The largest absolute Gasteiger partial charge is 0.483 e. The zero-order valence-electron chi connectivity index (χ0n) is 76.7. The van der Waals surface area contributed by atoms with Crippen molar-refractivity contribution >= 4 is 89.7 Å². The molecule has 0 aromatic carbocycles. The van der Waals surface area contributed by atoms with Crippen LogP contribution in [-0.4, -0.2) is 472 Å². The molecule has 0 radical (unpaired) electrons. The first-order valence-corrected chi connectivity index (χ1v) is 37.5. The number of ether oxygens (including phenoxy) is 20. The minimum atomic E-state index is -1.31. The Balaban J connectivity index is -0.0000000570. The van der Waals surface area contributed by atoms with E-state index in [1.54, 1.807) is 149 Å². The summed E-state index contributed by atoms with van der Waals surface area (Å²) in [5, 5.41) is 76.7. The molecule has 0 aromatic heterocycles. The van der Waals surface area contributed by atoms with Crippen molar-refractivity contribution < 1.29 is 154 Å². The Bertz CT molecular complexity index is 1280. The second-order valence-corrected chi connectivity index (χ2v) is 20.8. The predicted molar refractivity (Wildman–Crippen MR) is 482 cm³/mol. The lowest BCUT2D eigenvalue weighted by molar-refractivity contribution is -0.147. The van der Waals surface area contributed by atoms with Crippen molar-refractivity contribution in [3.05, 3.63) is 0 Å². The Kier molecular flexibility index (Phi) is 259. The lowest BCUT2D eigenvalue weighted by Gasteiger charge is -2.01. The molecule has 0 aromatic rings. The van der Waals surface area contributed by atoms with Crippen molar-refractivity contribution in [2.45, 2.75) is 46.5 Å². The number of carbonyl (C=O) groups is 6. The van der Waals surface area contributed by atoms with E-state index in [1.807, 2.05) is 6.92 Å². The molecule has 0 fully saturated rings. The van der Waals surface area contributed by atoms with Gasteiger partial charge < -0.3 is 179 Å². The van der Waals surface area contributed by atoms with Crippen LogP contribution in [0.25, 0.3) is 0 Å². The Morgan fingerprint density at radius 1 is 0.246 bits per heavy atom. The number of aliphatic carboxylic acids is 5. The first-order valence-electron chi connectivity index (χ1n) is 37.5. The van der Waals surface area contributed by atoms with Gasteiger partial charge in [-0.05, 0) is 6.42 Å². The van der Waals surface area contributed by atoms with Crippen LogP contribution in [-0.2, 0) is 124 Å². The van der Waals surface area contributed by atoms with E-state index in [2.05, 4.69) is 53.2 Å². The summed E-state index contributed by atoms with van der Waals surface area (Å²) in [7, 11) is 33.8. The highest BCUT2D eigenvalue weighted by molar-refractivity contribution is 14.0. The van der Waals surface area contributed by atoms with Crippen LogP contribution in [0.3, 0.4) is 0 Å². The van der Waals surface area contributed by atoms with Crippen LogP contribution in [0.4, 0.5) is 0 Å². The highest BCUT2D eigenvalue weighted by atomic mass is 127. The summed E-state index contributed by atoms with van der Waals surface area (Å²) in [6.45, 7) is 37.7. The van der Waals surface area contributed by atoms with Crippen molar-refractivity contribution in [1.82, 2.24) is 53.2 Å². The van der Waals surface area contributed by atoms with Crippen LogP contribution in [0, 0.1) is 0 Å². The van der Waals surface area contributed by atoms with Gasteiger partial charge in [0.1, 0.15) is 6.42 Å². The molecule has 0 spiro atoms. The summed E-state index contributed by atoms with van der Waals surface area (Å²) in [5.74, 6) is -4.91. The summed E-state index contributed by atoms with van der Waals surface area (Å²) in [5.41, 5.74) is 0. The minimum absolute atomic E-state index is 0. The summed E-state index contributed by atoms with van der Waals surface area (Å²) in [6.07, 6.45) is 0.440. The zero-order chi connectivity index (χ0) is 90.9. The third kappa shape index (κ3) is 325. The van der Waals surface area contributed by atoms with Gasteiger partial charge in [0.05, 0.1) is 132 Å². The molecule has 0 aliphatic rings. The van der Waals surface area contributed by atoms with Gasteiger partial charge in [0.15, 0.2) is 0 Å². The predicted octanol–water partition coefficient (Wildman–Crippen LogP) is 0.995. The Hall–Kier alpha value is -2.88. The highest BCUT2D eigenvalue weighted by Gasteiger charge is 2.02. The SMILES string of the molecule is Br.CC(=O)O.CCC(=O)O.CCCC(=O)O.COCCNCCOC.COCCNCCOC.COCCNCCOC.COCCNCCOC.COCCNCCOC.COCCNCCOC.COCCNCCOC.COCCNCCOC.COCCNCCOC.COCCNCCOC.Cl.I.O=C(O)CC(=O)O.O=CO. The zero-order valence-corrected chi connectivity index (χ0v) is 81.6. The minimum Gasteiger partial charge on any atom is -0.483 e. The van der Waals surface area contributed by atoms with Gasteiger partial charge in [-0.3, -0.25) is 28.8 Å². The number of methoxy groups -OCH3 is 20. The molecule has 732 valence electrons. The van der Waals surface area contributed by atoms with E-state index in [0.717, 1.165) is 276 Å². The first kappa shape index (κ1) is 159. The average molecular weight is 1950 g/mol. The molecule has 0 bridgehead atoms. The van der Waals surface area contributed by atoms with Crippen molar-refractivity contribution in [2.24, 2.45) is 0 Å². The van der Waals surface area contributed by atoms with Crippen LogP contribution in [0.5, 0.6) is 0 Å². The van der Waals surface area contributed by atoms with E-state index in [4.69, 9.17) is 135 Å². The van der Waals surface area contributed by atoms with Gasteiger partial charge in [0.25, 0.3) is 12.4 Å². The Morgan fingerprint density at radius 3 is 0.356 bits per heavy atom. The van der Waals surface area contributed by atoms with Crippen molar-refractivity contribution in [1.29, 1.82) is 0 Å². The lowest BCUT2D eigenvalue weighted by Crippen LogP contribution is -2.23. The third-order valence-corrected chi connectivity index (χ3v) is 10.7. The molecule has 0 heterocycles. The molecule has 0 saturated carbocycles. The third-order valence-electron chi connectivity index (χ3n) is 10.7. The van der Waals surface area contributed by atoms with Crippen LogP contribution in [0.2, 0.25) is 0 Å². The standard InChI is InChI=1S/10C6H15NO2.C4H8O2.C3H4O4.C3H6O2.C2H4O2.CH2O2.BrH.ClH.HI/c10*1-8-5-3-7-4-6-9-2;1-2-3-4(5)6;4-2(5)1-3(6)7;1-2-3(4)5;1-2(3)4;2-1-3;;;/h10*7H,3-6H2,1-2H3;2-3H2,1H3,(H,5,6);1H2,(H,4,5)(H,6,7);2H2,1H3,(H,4,5);1H3,(H,3,4);1H,(H,2,3);3*1H. The molecule has 0 aliphatic carbocycles. The monoisotopic (exact) mass is 1950 g/mol. The maximum atomic E-state index is 9.60. The smallest absolute Gasteiger partial charge is 0.314 e. The molecular weight excluding hydrogens is 1770 g/mol. The number of carboxylic acid groups (broad SMARTS) is 6. The Morgan fingerprint density at radius 2 is 0.331 bits per heavy atom. The topological polar surface area (TPSA) is 529 Å². The number of halogens is 3. The van der Waals surface area contributed by atoms with E-state index in [-0.39, 0.29) is 66.3 Å². The normalized spacial score (nSPS) is 9.14. The number of rotatable bonds is 65. The first-order chi connectivity index (χ1) is 55.5. The molecule has 0 unspecified atom stereocenters. The molecule has 0 atom stereocenters. The van der Waals surface area contributed by atoms with Gasteiger partial charge in [-0.15, -0.1) is 53.4 Å². The van der Waals surface area contributed by atoms with Crippen LogP contribution in [0.15, 0.2) is 0 Å². The number of hydrogen-bond acceptors (Lipinski definition) is 36. The lowest BCUT2D eigenvalue weighted by atomic mass is 10.4. The van der Waals surface area contributed by atoms with Gasteiger partial charge >= 0.3 is 23.9 Å². The van der Waals surface area contributed by atoms with Gasteiger partial charge in [-0.1, -0.05) is 13.8 Å². The molecule has 16 N–H and O–H groups in total. The van der Waals surface area contributed by atoms with E-state index in [1.165, 1.54) is 0 Å². The van der Waals surface area contributed by atoms with E-state index in [9.17, 15) is 19.2 Å². The molecule has 0 saturated heterocycles. The summed E-state index contributed by atoms with van der Waals surface area (Å²) in [4.78, 5) is 55.2. The molecule has 0 aliphatic heterocycles. The molecule has 0 amide bonds. The van der Waals surface area contributed by atoms with Crippen LogP contribution in [0.1, 0.15) is 46.5 Å². The molecular formula is C73H177BrClIN10O32. The van der Waals surface area contributed by atoms with Gasteiger partial charge in [0.2, 0.25) is 0 Å². The fourth-order valence-electron chi connectivity index (χ4n) is 5.08. The van der Waals surface area contributed by atoms with Gasteiger partial charge in [-0.2, -0.15) is 0 Å². The maximum Gasteiger partial charge on any atom is 0.314 e. The number of nitrogens with one attached hydrogen (secondary N) is 10. The quantitative estimate of drug-likeness (QED) is 0.0175. The summed E-state index contributed by atoms with van der Waals surface area (Å²) < 4.78 is 96.4. The van der Waals surface area contributed by atoms with Crippen LogP contribution < -0.4 is 53.2 Å².